The number of aliphatic hydroxyl groups is 2. The maximum atomic E-state index is 13.3. The number of rotatable bonds is 9. The third-order valence-electron chi connectivity index (χ3n) is 7.99. The Labute approximate surface area is 239 Å². The molecule has 0 unspecified atom stereocenters. The van der Waals surface area contributed by atoms with Crippen molar-refractivity contribution >= 4 is 24.0 Å². The summed E-state index contributed by atoms with van der Waals surface area (Å²) in [4.78, 5) is 39.2. The highest BCUT2D eigenvalue weighted by molar-refractivity contribution is 6.16. The van der Waals surface area contributed by atoms with Crippen LogP contribution in [0.25, 0.3) is 6.08 Å². The number of phenolic OH excluding ortho intramolecular Hbond substituents is 1. The first kappa shape index (κ1) is 30.0. The summed E-state index contributed by atoms with van der Waals surface area (Å²) in [7, 11) is 1.09. The van der Waals surface area contributed by atoms with E-state index < -0.39 is 48.4 Å². The van der Waals surface area contributed by atoms with Gasteiger partial charge in [-0.25, -0.2) is 4.79 Å². The standard InChI is InChI=1S/C32H37NO8/c1-18(12-21-13-19(2)29(36)20(3)14-21)10-11-26(35)27-22(17-41-23-8-6-5-7-9-23)15-24-28(25(27)16-34)31(38)33(30(24)37)32(39)40-4/h5-9,12-14,24-26,28,34-36H,10-11,15-17H2,1-4H3/b18-12+/t24-,25+,26-,28-/m1/s1. The van der Waals surface area contributed by atoms with Gasteiger partial charge in [0.25, 0.3) is 0 Å². The highest BCUT2D eigenvalue weighted by atomic mass is 16.5. The number of aliphatic hydroxyl groups excluding tert-OH is 2. The second-order valence-electron chi connectivity index (χ2n) is 10.8. The molecule has 4 rings (SSSR count). The van der Waals surface area contributed by atoms with Crippen molar-refractivity contribution in [1.29, 1.82) is 0 Å². The number of aryl methyl sites for hydroxylation is 2. The van der Waals surface area contributed by atoms with Crippen molar-refractivity contribution in [3.63, 3.8) is 0 Å². The average molecular weight is 564 g/mol. The Bertz CT molecular complexity index is 1360. The maximum absolute atomic E-state index is 13.3. The summed E-state index contributed by atoms with van der Waals surface area (Å²) >= 11 is 0. The zero-order chi connectivity index (χ0) is 29.8. The Kier molecular flexibility index (Phi) is 9.30. The third kappa shape index (κ3) is 6.21. The lowest BCUT2D eigenvalue weighted by Gasteiger charge is -2.36. The summed E-state index contributed by atoms with van der Waals surface area (Å²) in [6, 6.07) is 12.9. The molecule has 1 aliphatic heterocycles. The van der Waals surface area contributed by atoms with Gasteiger partial charge in [0, 0.05) is 5.92 Å². The number of likely N-dealkylation sites (tertiary alicyclic amines) is 1. The monoisotopic (exact) mass is 563 g/mol. The highest BCUT2D eigenvalue weighted by Gasteiger charge is 2.57. The average Bonchev–Trinajstić information content (AvgIpc) is 3.21. The lowest BCUT2D eigenvalue weighted by atomic mass is 9.68. The number of hydrogen-bond acceptors (Lipinski definition) is 8. The van der Waals surface area contributed by atoms with Gasteiger partial charge in [-0.3, -0.25) is 9.59 Å². The number of imide groups is 3. The minimum absolute atomic E-state index is 0.0523. The number of amides is 3. The number of phenols is 1. The molecular formula is C32H37NO8. The van der Waals surface area contributed by atoms with E-state index in [4.69, 9.17) is 4.74 Å². The normalized spacial score (nSPS) is 21.7. The Morgan fingerprint density at radius 2 is 1.78 bits per heavy atom. The van der Waals surface area contributed by atoms with Crippen LogP contribution in [0.5, 0.6) is 11.5 Å². The molecule has 9 nitrogen and oxygen atoms in total. The van der Waals surface area contributed by atoms with Gasteiger partial charge in [-0.2, -0.15) is 4.90 Å². The topological polar surface area (TPSA) is 134 Å². The highest BCUT2D eigenvalue weighted by Crippen LogP contribution is 2.46. The van der Waals surface area contributed by atoms with Crippen LogP contribution in [-0.2, 0) is 14.3 Å². The number of fused-ring (bicyclic) bond motifs is 1. The van der Waals surface area contributed by atoms with Crippen molar-refractivity contribution in [3.05, 3.63) is 75.9 Å². The zero-order valence-corrected chi connectivity index (χ0v) is 23.8. The van der Waals surface area contributed by atoms with Gasteiger partial charge in [-0.1, -0.05) is 29.8 Å². The zero-order valence-electron chi connectivity index (χ0n) is 23.8. The summed E-state index contributed by atoms with van der Waals surface area (Å²) in [5.74, 6) is -3.26. The summed E-state index contributed by atoms with van der Waals surface area (Å²) in [5, 5.41) is 32.0. The minimum atomic E-state index is -1.06. The van der Waals surface area contributed by atoms with Gasteiger partial charge >= 0.3 is 6.09 Å². The lowest BCUT2D eigenvalue weighted by Crippen LogP contribution is -2.40. The molecule has 1 aliphatic carbocycles. The van der Waals surface area contributed by atoms with Crippen molar-refractivity contribution in [3.8, 4) is 11.5 Å². The van der Waals surface area contributed by atoms with Crippen LogP contribution in [0, 0.1) is 31.6 Å². The van der Waals surface area contributed by atoms with Gasteiger partial charge < -0.3 is 24.8 Å². The van der Waals surface area contributed by atoms with Gasteiger partial charge in [0.2, 0.25) is 11.8 Å². The van der Waals surface area contributed by atoms with Gasteiger partial charge in [0.1, 0.15) is 18.1 Å². The van der Waals surface area contributed by atoms with Gasteiger partial charge in [-0.15, -0.1) is 0 Å². The van der Waals surface area contributed by atoms with Gasteiger partial charge in [0.15, 0.2) is 0 Å². The van der Waals surface area contributed by atoms with Crippen LogP contribution in [-0.4, -0.2) is 64.6 Å². The summed E-state index contributed by atoms with van der Waals surface area (Å²) in [6.07, 6.45) is 0.843. The smallest absolute Gasteiger partial charge is 0.423 e. The fourth-order valence-electron chi connectivity index (χ4n) is 6.00. The summed E-state index contributed by atoms with van der Waals surface area (Å²) in [6.45, 7) is 5.19. The number of carbonyl (C=O) groups excluding carboxylic acids is 3. The fraction of sp³-hybridized carbons (Fsp3) is 0.406. The minimum Gasteiger partial charge on any atom is -0.507 e. The summed E-state index contributed by atoms with van der Waals surface area (Å²) < 4.78 is 10.6. The van der Waals surface area contributed by atoms with Crippen LogP contribution in [0.2, 0.25) is 0 Å². The molecule has 4 atom stereocenters. The predicted octanol–water partition coefficient (Wildman–Crippen LogP) is 4.31. The summed E-state index contributed by atoms with van der Waals surface area (Å²) in [5.41, 5.74) is 4.58. The number of benzene rings is 2. The van der Waals surface area contributed by atoms with E-state index in [2.05, 4.69) is 4.74 Å². The van der Waals surface area contributed by atoms with Crippen LogP contribution in [0.15, 0.2) is 59.2 Å². The maximum Gasteiger partial charge on any atom is 0.423 e. The van der Waals surface area contributed by atoms with Crippen LogP contribution in [0.3, 0.4) is 0 Å². The number of para-hydroxylation sites is 1. The van der Waals surface area contributed by atoms with Crippen molar-refractivity contribution in [2.75, 3.05) is 20.3 Å². The number of hydrogen-bond donors (Lipinski definition) is 3. The molecule has 2 aromatic carbocycles. The van der Waals surface area contributed by atoms with E-state index in [1.165, 1.54) is 0 Å². The Balaban J connectivity index is 1.62. The number of allylic oxidation sites excluding steroid dienone is 1. The molecule has 1 heterocycles. The van der Waals surface area contributed by atoms with Crippen LogP contribution < -0.4 is 4.74 Å². The number of nitrogens with zero attached hydrogens (tertiary/aromatic N) is 1. The number of carbonyl (C=O) groups is 3. The van der Waals surface area contributed by atoms with E-state index in [-0.39, 0.29) is 18.8 Å². The molecule has 2 aromatic rings. The van der Waals surface area contributed by atoms with Crippen molar-refractivity contribution in [2.24, 2.45) is 17.8 Å². The quantitative estimate of drug-likeness (QED) is 0.304. The fourth-order valence-corrected chi connectivity index (χ4v) is 6.00. The molecule has 218 valence electrons. The van der Waals surface area contributed by atoms with Gasteiger partial charge in [-0.05, 0) is 92.1 Å². The lowest BCUT2D eigenvalue weighted by molar-refractivity contribution is -0.137. The molecular weight excluding hydrogens is 526 g/mol. The third-order valence-corrected chi connectivity index (χ3v) is 7.99. The molecule has 0 spiro atoms. The Morgan fingerprint density at radius 1 is 1.12 bits per heavy atom. The molecule has 0 radical (unpaired) electrons. The van der Waals surface area contributed by atoms with Crippen LogP contribution in [0.4, 0.5) is 4.79 Å². The number of methoxy groups -OCH3 is 1. The first-order valence-corrected chi connectivity index (χ1v) is 13.7. The van der Waals surface area contributed by atoms with E-state index in [1.54, 1.807) is 12.1 Å². The molecule has 0 saturated carbocycles. The van der Waals surface area contributed by atoms with E-state index in [0.717, 1.165) is 29.4 Å². The number of aromatic hydroxyl groups is 1. The molecule has 9 heteroatoms. The Morgan fingerprint density at radius 3 is 2.39 bits per heavy atom. The first-order valence-electron chi connectivity index (χ1n) is 13.7. The molecule has 3 amide bonds. The molecule has 0 bridgehead atoms. The SMILES string of the molecule is COC(=O)N1C(=O)[C@@H]2[C@@H](CC(COc3ccccc3)=C([C@H](O)CC/C(C)=C/c3cc(C)c(O)c(C)c3)[C@@H]2CO)C1=O. The number of ether oxygens (including phenoxy) is 2. The Hall–Kier alpha value is -3.95. The van der Waals surface area contributed by atoms with E-state index >= 15 is 0 Å². The molecule has 3 N–H and O–H groups in total. The van der Waals surface area contributed by atoms with E-state index in [9.17, 15) is 29.7 Å². The first-order chi connectivity index (χ1) is 19.6. The molecule has 2 aliphatic rings. The molecule has 1 fully saturated rings. The van der Waals surface area contributed by atoms with E-state index in [1.807, 2.05) is 57.2 Å². The van der Waals surface area contributed by atoms with Crippen LogP contribution in [0.1, 0.15) is 42.9 Å². The molecule has 1 saturated heterocycles. The molecule has 0 aromatic heterocycles. The van der Waals surface area contributed by atoms with Gasteiger partial charge in [0.05, 0.1) is 31.7 Å². The van der Waals surface area contributed by atoms with Crippen LogP contribution >= 0.6 is 0 Å². The van der Waals surface area contributed by atoms with Crippen molar-refractivity contribution < 1.29 is 39.2 Å². The van der Waals surface area contributed by atoms with Crippen molar-refractivity contribution in [2.45, 2.75) is 46.1 Å². The predicted molar refractivity (Wildman–Crippen MR) is 152 cm³/mol. The largest absolute Gasteiger partial charge is 0.507 e. The van der Waals surface area contributed by atoms with Crippen molar-refractivity contribution in [1.82, 2.24) is 4.90 Å². The molecule has 41 heavy (non-hydrogen) atoms. The second kappa shape index (κ2) is 12.7. The second-order valence-corrected chi connectivity index (χ2v) is 10.8. The van der Waals surface area contributed by atoms with E-state index in [0.29, 0.717) is 34.6 Å².